The molecule has 7 nitrogen and oxygen atoms in total. The van der Waals surface area contributed by atoms with Gasteiger partial charge in [0.05, 0.1) is 17.0 Å². The molecule has 0 aliphatic heterocycles. The minimum atomic E-state index is -3.93. The van der Waals surface area contributed by atoms with Gasteiger partial charge in [-0.3, -0.25) is 13.9 Å². The van der Waals surface area contributed by atoms with Gasteiger partial charge in [-0.1, -0.05) is 83.9 Å². The number of rotatable bonds is 11. The lowest BCUT2D eigenvalue weighted by Crippen LogP contribution is -2.53. The van der Waals surface area contributed by atoms with Gasteiger partial charge in [-0.15, -0.1) is 0 Å². The number of carbonyl (C=O) groups excluding carboxylic acids is 2. The fraction of sp³-hybridized carbons (Fsp3) is 0.259. The molecule has 0 fully saturated rings. The quantitative estimate of drug-likeness (QED) is 0.372. The van der Waals surface area contributed by atoms with Crippen LogP contribution in [0.2, 0.25) is 10.0 Å². The molecule has 0 aliphatic rings. The molecule has 1 atom stereocenters. The summed E-state index contributed by atoms with van der Waals surface area (Å²) < 4.78 is 26.5. The van der Waals surface area contributed by atoms with E-state index in [1.807, 2.05) is 60.7 Å². The van der Waals surface area contributed by atoms with Crippen molar-refractivity contribution in [3.63, 3.8) is 0 Å². The van der Waals surface area contributed by atoms with E-state index < -0.39 is 28.5 Å². The average molecular weight is 563 g/mol. The third-order valence-corrected chi connectivity index (χ3v) is 7.36. The van der Waals surface area contributed by atoms with Crippen LogP contribution in [0, 0.1) is 0 Å². The minimum absolute atomic E-state index is 0.0855. The largest absolute Gasteiger partial charge is 0.355 e. The van der Waals surface area contributed by atoms with E-state index in [1.165, 1.54) is 23.1 Å². The normalized spacial score (nSPS) is 12.0. The molecule has 0 saturated carbocycles. The first kappa shape index (κ1) is 28.5. The van der Waals surface area contributed by atoms with Gasteiger partial charge >= 0.3 is 0 Å². The third kappa shape index (κ3) is 7.95. The van der Waals surface area contributed by atoms with Crippen LogP contribution in [-0.4, -0.2) is 50.5 Å². The highest BCUT2D eigenvalue weighted by Crippen LogP contribution is 2.31. The van der Waals surface area contributed by atoms with Crippen LogP contribution in [0.3, 0.4) is 0 Å². The van der Waals surface area contributed by atoms with Crippen LogP contribution < -0.4 is 9.62 Å². The van der Waals surface area contributed by atoms with E-state index in [1.54, 1.807) is 6.92 Å². The van der Waals surface area contributed by atoms with Crippen LogP contribution in [0.15, 0.2) is 78.9 Å². The Morgan fingerprint density at radius 1 is 0.919 bits per heavy atom. The standard InChI is InChI=1S/C27H29Cl2N3O4S/c1-3-30-27(34)25(16-20-10-6-4-7-11-20)31(18-21-12-8-5-9-13-21)26(33)19-32(37(2,35)36)24-17-22(28)14-15-23(24)29/h4-15,17,25H,3,16,18-19H2,1-2H3,(H,30,34)/t25-/m0/s1. The van der Waals surface area contributed by atoms with Crippen molar-refractivity contribution >= 4 is 50.7 Å². The summed E-state index contributed by atoms with van der Waals surface area (Å²) in [6.45, 7) is 1.73. The Hall–Kier alpha value is -3.07. The molecule has 0 unspecified atom stereocenters. The topological polar surface area (TPSA) is 86.8 Å². The van der Waals surface area contributed by atoms with Gasteiger partial charge in [-0.25, -0.2) is 8.42 Å². The SMILES string of the molecule is CCNC(=O)[C@H](Cc1ccccc1)N(Cc1ccccc1)C(=O)CN(c1cc(Cl)ccc1Cl)S(C)(=O)=O. The molecule has 1 N–H and O–H groups in total. The monoisotopic (exact) mass is 561 g/mol. The van der Waals surface area contributed by atoms with Crippen molar-refractivity contribution in [2.24, 2.45) is 0 Å². The van der Waals surface area contributed by atoms with Gasteiger partial charge in [0.1, 0.15) is 12.6 Å². The first-order valence-corrected chi connectivity index (χ1v) is 14.3. The van der Waals surface area contributed by atoms with Crippen LogP contribution in [0.1, 0.15) is 18.1 Å². The number of hydrogen-bond acceptors (Lipinski definition) is 4. The van der Waals surface area contributed by atoms with Crippen molar-refractivity contribution in [2.45, 2.75) is 25.9 Å². The van der Waals surface area contributed by atoms with E-state index in [9.17, 15) is 18.0 Å². The molecule has 196 valence electrons. The Balaban J connectivity index is 2.04. The van der Waals surface area contributed by atoms with Crippen LogP contribution in [0.25, 0.3) is 0 Å². The molecule has 0 aromatic heterocycles. The predicted octanol–water partition coefficient (Wildman–Crippen LogP) is 4.54. The lowest BCUT2D eigenvalue weighted by atomic mass is 10.0. The summed E-state index contributed by atoms with van der Waals surface area (Å²) in [5.41, 5.74) is 1.75. The number of likely N-dealkylation sites (N-methyl/N-ethyl adjacent to an activating group) is 1. The fourth-order valence-corrected chi connectivity index (χ4v) is 5.19. The van der Waals surface area contributed by atoms with E-state index in [0.29, 0.717) is 6.54 Å². The first-order chi connectivity index (χ1) is 17.6. The molecule has 37 heavy (non-hydrogen) atoms. The number of benzene rings is 3. The first-order valence-electron chi connectivity index (χ1n) is 11.7. The maximum atomic E-state index is 13.9. The van der Waals surface area contributed by atoms with Gasteiger partial charge in [0.15, 0.2) is 0 Å². The third-order valence-electron chi connectivity index (χ3n) is 5.67. The molecule has 3 aromatic rings. The Bertz CT molecular complexity index is 1320. The molecule has 0 spiro atoms. The summed E-state index contributed by atoms with van der Waals surface area (Å²) in [6, 6.07) is 22.1. The van der Waals surface area contributed by atoms with Crippen molar-refractivity contribution in [2.75, 3.05) is 23.7 Å². The van der Waals surface area contributed by atoms with Crippen molar-refractivity contribution in [1.82, 2.24) is 10.2 Å². The predicted molar refractivity (Wildman–Crippen MR) is 148 cm³/mol. The van der Waals surface area contributed by atoms with E-state index in [-0.39, 0.29) is 34.6 Å². The number of hydrogen-bond donors (Lipinski definition) is 1. The van der Waals surface area contributed by atoms with Gasteiger partial charge in [0, 0.05) is 24.5 Å². The van der Waals surface area contributed by atoms with Crippen molar-refractivity contribution < 1.29 is 18.0 Å². The molecule has 0 radical (unpaired) electrons. The van der Waals surface area contributed by atoms with Crippen LogP contribution in [-0.2, 0) is 32.6 Å². The summed E-state index contributed by atoms with van der Waals surface area (Å²) in [5, 5.41) is 3.21. The second-order valence-corrected chi connectivity index (χ2v) is 11.2. The van der Waals surface area contributed by atoms with E-state index >= 15 is 0 Å². The van der Waals surface area contributed by atoms with Gasteiger partial charge in [-0.2, -0.15) is 0 Å². The number of nitrogens with zero attached hydrogens (tertiary/aromatic N) is 2. The van der Waals surface area contributed by atoms with Crippen molar-refractivity contribution in [1.29, 1.82) is 0 Å². The molecule has 0 heterocycles. The second-order valence-electron chi connectivity index (χ2n) is 8.47. The number of amides is 2. The van der Waals surface area contributed by atoms with Crippen molar-refractivity contribution in [3.8, 4) is 0 Å². The van der Waals surface area contributed by atoms with Gasteiger partial charge < -0.3 is 10.2 Å². The van der Waals surface area contributed by atoms with Crippen molar-refractivity contribution in [3.05, 3.63) is 100 Å². The highest BCUT2D eigenvalue weighted by Gasteiger charge is 2.33. The number of nitrogens with one attached hydrogen (secondary N) is 1. The summed E-state index contributed by atoms with van der Waals surface area (Å²) in [5.74, 6) is -0.889. The summed E-state index contributed by atoms with van der Waals surface area (Å²) in [4.78, 5) is 28.6. The highest BCUT2D eigenvalue weighted by molar-refractivity contribution is 7.92. The zero-order valence-corrected chi connectivity index (χ0v) is 22.9. The highest BCUT2D eigenvalue weighted by atomic mass is 35.5. The maximum absolute atomic E-state index is 13.9. The van der Waals surface area contributed by atoms with E-state index in [2.05, 4.69) is 5.32 Å². The molecular formula is C27H29Cl2N3O4S. The lowest BCUT2D eigenvalue weighted by Gasteiger charge is -2.33. The van der Waals surface area contributed by atoms with Gasteiger partial charge in [-0.05, 0) is 36.2 Å². The zero-order valence-electron chi connectivity index (χ0n) is 20.6. The molecule has 0 bridgehead atoms. The Morgan fingerprint density at radius 2 is 1.51 bits per heavy atom. The molecule has 2 amide bonds. The summed E-state index contributed by atoms with van der Waals surface area (Å²) in [6.07, 6.45) is 1.24. The van der Waals surface area contributed by atoms with Gasteiger partial charge in [0.25, 0.3) is 0 Å². The summed E-state index contributed by atoms with van der Waals surface area (Å²) >= 11 is 12.4. The van der Waals surface area contributed by atoms with Crippen LogP contribution in [0.4, 0.5) is 5.69 Å². The Kier molecular flexibility index (Phi) is 9.97. The number of anilines is 1. The average Bonchev–Trinajstić information content (AvgIpc) is 2.87. The molecule has 0 aliphatic carbocycles. The number of carbonyl (C=O) groups is 2. The smallest absolute Gasteiger partial charge is 0.244 e. The van der Waals surface area contributed by atoms with Gasteiger partial charge in [0.2, 0.25) is 21.8 Å². The fourth-order valence-electron chi connectivity index (χ4n) is 3.90. The second kappa shape index (κ2) is 12.9. The lowest BCUT2D eigenvalue weighted by molar-refractivity contribution is -0.140. The number of sulfonamides is 1. The van der Waals surface area contributed by atoms with E-state index in [0.717, 1.165) is 21.7 Å². The van der Waals surface area contributed by atoms with Crippen LogP contribution >= 0.6 is 23.2 Å². The number of halogens is 2. The summed E-state index contributed by atoms with van der Waals surface area (Å²) in [7, 11) is -3.93. The minimum Gasteiger partial charge on any atom is -0.355 e. The van der Waals surface area contributed by atoms with Crippen LogP contribution in [0.5, 0.6) is 0 Å². The maximum Gasteiger partial charge on any atom is 0.244 e. The molecular weight excluding hydrogens is 533 g/mol. The Morgan fingerprint density at radius 3 is 2.08 bits per heavy atom. The molecule has 3 rings (SSSR count). The zero-order chi connectivity index (χ0) is 27.0. The molecule has 3 aromatic carbocycles. The van der Waals surface area contributed by atoms with E-state index in [4.69, 9.17) is 23.2 Å². The molecule has 10 heteroatoms. The Labute approximate surface area is 228 Å². The molecule has 0 saturated heterocycles.